The molecule has 4 heterocycles. The van der Waals surface area contributed by atoms with Gasteiger partial charge in [-0.3, -0.25) is 4.90 Å². The average molecular weight is 462 g/mol. The molecule has 2 aliphatic rings. The van der Waals surface area contributed by atoms with Crippen LogP contribution in [0.15, 0.2) is 52.0 Å². The molecule has 1 saturated heterocycles. The zero-order valence-electron chi connectivity index (χ0n) is 18.3. The highest BCUT2D eigenvalue weighted by Gasteiger charge is 2.28. The fourth-order valence-corrected chi connectivity index (χ4v) is 4.01. The summed E-state index contributed by atoms with van der Waals surface area (Å²) in [6, 6.07) is 9.20. The minimum Gasteiger partial charge on any atom is -0.504 e. The molecule has 0 bridgehead atoms. The molecule has 0 atom stereocenters. The maximum atomic E-state index is 13.3. The lowest BCUT2D eigenvalue weighted by molar-refractivity contribution is 0.0470. The van der Waals surface area contributed by atoms with Crippen molar-refractivity contribution in [1.29, 1.82) is 0 Å². The van der Waals surface area contributed by atoms with Crippen LogP contribution < -0.4 is 5.32 Å². The van der Waals surface area contributed by atoms with Crippen LogP contribution in [0.25, 0.3) is 11.6 Å². The highest BCUT2D eigenvalue weighted by molar-refractivity contribution is 6.21. The van der Waals surface area contributed by atoms with Gasteiger partial charge in [0.1, 0.15) is 12.4 Å². The largest absolute Gasteiger partial charge is 0.504 e. The molecule has 0 aliphatic carbocycles. The number of anilines is 2. The molecule has 174 valence electrons. The van der Waals surface area contributed by atoms with Crippen LogP contribution >= 0.6 is 0 Å². The molecule has 0 unspecified atom stereocenters. The number of carbonyl (C=O) groups excluding carboxylic acids is 1. The lowest BCUT2D eigenvalue weighted by Crippen LogP contribution is -2.25. The van der Waals surface area contributed by atoms with Gasteiger partial charge in [-0.15, -0.1) is 0 Å². The van der Waals surface area contributed by atoms with Gasteiger partial charge in [-0.05, 0) is 68.4 Å². The summed E-state index contributed by atoms with van der Waals surface area (Å²) in [4.78, 5) is 23.6. The second kappa shape index (κ2) is 9.48. The highest BCUT2D eigenvalue weighted by atomic mass is 19.1. The summed E-state index contributed by atoms with van der Waals surface area (Å²) >= 11 is 0. The molecule has 2 N–H and O–H groups in total. The van der Waals surface area contributed by atoms with Gasteiger partial charge in [-0.2, -0.15) is 0 Å². The van der Waals surface area contributed by atoms with Crippen molar-refractivity contribution >= 4 is 41.2 Å². The zero-order chi connectivity index (χ0) is 23.5. The monoisotopic (exact) mass is 462 g/mol. The lowest BCUT2D eigenvalue weighted by Gasteiger charge is -2.14. The Morgan fingerprint density at radius 1 is 1.24 bits per heavy atom. The van der Waals surface area contributed by atoms with Crippen LogP contribution in [-0.4, -0.2) is 53.4 Å². The van der Waals surface area contributed by atoms with Crippen LogP contribution in [0.4, 0.5) is 21.8 Å². The van der Waals surface area contributed by atoms with Gasteiger partial charge >= 0.3 is 5.97 Å². The molecule has 8 nitrogen and oxygen atoms in total. The normalized spacial score (nSPS) is 16.2. The predicted molar refractivity (Wildman–Crippen MR) is 126 cm³/mol. The third-order valence-electron chi connectivity index (χ3n) is 5.77. The third-order valence-corrected chi connectivity index (χ3v) is 5.77. The molecule has 34 heavy (non-hydrogen) atoms. The summed E-state index contributed by atoms with van der Waals surface area (Å²) in [5.41, 5.74) is 1.81. The van der Waals surface area contributed by atoms with Gasteiger partial charge in [-0.25, -0.2) is 19.2 Å². The van der Waals surface area contributed by atoms with Crippen LogP contribution in [0.2, 0.25) is 0 Å². The number of benzene rings is 1. The number of rotatable bonds is 7. The number of esters is 1. The SMILES string of the molecule is O=C(OCCN1CCCC1)c1c(Nc2ccc(F)cc2)oc(C=C2C=Nc3ncccc32)c1O. The van der Waals surface area contributed by atoms with Gasteiger partial charge in [0.2, 0.25) is 5.88 Å². The Hall–Kier alpha value is -3.98. The number of nitrogens with one attached hydrogen (secondary N) is 1. The van der Waals surface area contributed by atoms with E-state index >= 15 is 0 Å². The smallest absolute Gasteiger partial charge is 0.347 e. The number of likely N-dealkylation sites (tertiary alicyclic amines) is 1. The fraction of sp³-hybridized carbons (Fsp3) is 0.240. The summed E-state index contributed by atoms with van der Waals surface area (Å²) < 4.78 is 24.6. The predicted octanol–water partition coefficient (Wildman–Crippen LogP) is 4.77. The van der Waals surface area contributed by atoms with Gasteiger partial charge in [-0.1, -0.05) is 0 Å². The van der Waals surface area contributed by atoms with E-state index in [0.717, 1.165) is 31.5 Å². The van der Waals surface area contributed by atoms with Crippen molar-refractivity contribution in [3.63, 3.8) is 0 Å². The topological polar surface area (TPSA) is 100 Å². The molecular formula is C25H23FN4O4. The van der Waals surface area contributed by atoms with E-state index in [4.69, 9.17) is 9.15 Å². The van der Waals surface area contributed by atoms with Gasteiger partial charge in [0.25, 0.3) is 0 Å². The van der Waals surface area contributed by atoms with E-state index in [1.165, 1.54) is 24.3 Å². The van der Waals surface area contributed by atoms with Crippen molar-refractivity contribution in [1.82, 2.24) is 9.88 Å². The molecular weight excluding hydrogens is 439 g/mol. The first-order valence-corrected chi connectivity index (χ1v) is 11.1. The quantitative estimate of drug-likeness (QED) is 0.488. The third kappa shape index (κ3) is 4.55. The number of halogens is 1. The first-order valence-electron chi connectivity index (χ1n) is 11.1. The van der Waals surface area contributed by atoms with E-state index in [9.17, 15) is 14.3 Å². The van der Waals surface area contributed by atoms with Gasteiger partial charge in [0.15, 0.2) is 22.9 Å². The molecule has 9 heteroatoms. The van der Waals surface area contributed by atoms with Crippen molar-refractivity contribution in [2.24, 2.45) is 4.99 Å². The summed E-state index contributed by atoms with van der Waals surface area (Å²) in [5.74, 6) is -0.831. The molecule has 2 aliphatic heterocycles. The van der Waals surface area contributed by atoms with E-state index in [1.54, 1.807) is 24.6 Å². The summed E-state index contributed by atoms with van der Waals surface area (Å²) in [6.45, 7) is 2.80. The van der Waals surface area contributed by atoms with Crippen molar-refractivity contribution < 1.29 is 23.4 Å². The number of ether oxygens (including phenoxy) is 1. The van der Waals surface area contributed by atoms with E-state index in [0.29, 0.717) is 23.6 Å². The van der Waals surface area contributed by atoms with Gasteiger partial charge < -0.3 is 19.6 Å². The number of carbonyl (C=O) groups is 1. The fourth-order valence-electron chi connectivity index (χ4n) is 4.01. The van der Waals surface area contributed by atoms with E-state index in [1.807, 2.05) is 6.07 Å². The molecule has 1 fully saturated rings. The van der Waals surface area contributed by atoms with Crippen molar-refractivity contribution in [3.05, 3.63) is 65.3 Å². The number of allylic oxidation sites excluding steroid dienone is 1. The molecule has 0 radical (unpaired) electrons. The minimum absolute atomic E-state index is 0.00322. The average Bonchev–Trinajstić information content (AvgIpc) is 3.56. The maximum Gasteiger partial charge on any atom is 0.347 e. The second-order valence-corrected chi connectivity index (χ2v) is 8.07. The number of aromatic nitrogens is 1. The van der Waals surface area contributed by atoms with Gasteiger partial charge in [0.05, 0.1) is 0 Å². The number of hydrogen-bond acceptors (Lipinski definition) is 8. The highest BCUT2D eigenvalue weighted by Crippen LogP contribution is 2.39. The molecule has 5 rings (SSSR count). The standard InChI is InChI=1S/C25H23FN4O4/c26-17-5-7-18(8-6-17)29-24-21(25(32)33-13-12-30-10-1-2-11-30)22(31)20(34-24)14-16-15-28-23-19(16)4-3-9-27-23/h3-9,14-15,29,31H,1-2,10-13H2. The molecule has 0 spiro atoms. The Morgan fingerprint density at radius 3 is 2.82 bits per heavy atom. The Morgan fingerprint density at radius 2 is 2.03 bits per heavy atom. The van der Waals surface area contributed by atoms with Crippen LogP contribution in [0.3, 0.4) is 0 Å². The number of pyridine rings is 1. The first kappa shape index (κ1) is 21.8. The van der Waals surface area contributed by atoms with Crippen molar-refractivity contribution in [2.75, 3.05) is 31.6 Å². The summed E-state index contributed by atoms with van der Waals surface area (Å²) in [6.07, 6.45) is 7.12. The van der Waals surface area contributed by atoms with Gasteiger partial charge in [0, 0.05) is 35.8 Å². The molecule has 0 saturated carbocycles. The summed E-state index contributed by atoms with van der Waals surface area (Å²) in [5, 5.41) is 13.8. The van der Waals surface area contributed by atoms with E-state index in [-0.39, 0.29) is 29.6 Å². The van der Waals surface area contributed by atoms with Crippen LogP contribution in [0, 0.1) is 5.82 Å². The number of fused-ring (bicyclic) bond motifs is 1. The molecule has 2 aromatic heterocycles. The van der Waals surface area contributed by atoms with Crippen LogP contribution in [0.1, 0.15) is 34.5 Å². The number of nitrogens with zero attached hydrogens (tertiary/aromatic N) is 3. The van der Waals surface area contributed by atoms with Crippen LogP contribution in [-0.2, 0) is 4.74 Å². The zero-order valence-corrected chi connectivity index (χ0v) is 18.3. The molecule has 3 aromatic rings. The second-order valence-electron chi connectivity index (χ2n) is 8.07. The first-order chi connectivity index (χ1) is 16.6. The number of aliphatic imine (C=N–C) groups is 1. The van der Waals surface area contributed by atoms with E-state index < -0.39 is 11.8 Å². The minimum atomic E-state index is -0.711. The Balaban J connectivity index is 1.43. The lowest BCUT2D eigenvalue weighted by atomic mass is 10.1. The van der Waals surface area contributed by atoms with E-state index in [2.05, 4.69) is 20.2 Å². The number of hydrogen-bond donors (Lipinski definition) is 2. The number of aromatic hydroxyl groups is 1. The Labute approximate surface area is 195 Å². The Bertz CT molecular complexity index is 1260. The van der Waals surface area contributed by atoms with Crippen LogP contribution in [0.5, 0.6) is 5.75 Å². The van der Waals surface area contributed by atoms with Crippen molar-refractivity contribution in [2.45, 2.75) is 12.8 Å². The summed E-state index contributed by atoms with van der Waals surface area (Å²) in [7, 11) is 0. The number of furan rings is 1. The Kier molecular flexibility index (Phi) is 6.09. The molecule has 0 amide bonds. The van der Waals surface area contributed by atoms with Crippen molar-refractivity contribution in [3.8, 4) is 5.75 Å². The molecule has 1 aromatic carbocycles. The maximum absolute atomic E-state index is 13.3.